The number of nitrogen functional groups attached to an aromatic ring is 1. The van der Waals surface area contributed by atoms with E-state index in [4.69, 9.17) is 5.73 Å². The van der Waals surface area contributed by atoms with Crippen molar-refractivity contribution in [1.82, 2.24) is 0 Å². The van der Waals surface area contributed by atoms with Crippen LogP contribution in [0, 0.1) is 25.5 Å². The third kappa shape index (κ3) is 8.99. The van der Waals surface area contributed by atoms with Crippen LogP contribution in [0.15, 0.2) is 174 Å². The fourth-order valence-electron chi connectivity index (χ4n) is 8.67. The van der Waals surface area contributed by atoms with Gasteiger partial charge in [0.2, 0.25) is 0 Å². The number of hydrogen-bond acceptors (Lipinski definition) is 2. The molecule has 8 aromatic carbocycles. The number of hydrogen-bond donors (Lipinski definition) is 2. The molecule has 10 rings (SSSR count). The molecular weight excluding hydrogens is 843 g/mol. The molecule has 5 heteroatoms. The monoisotopic (exact) mass is 898 g/mol. The summed E-state index contributed by atoms with van der Waals surface area (Å²) in [5, 5.41) is 3.36. The van der Waals surface area contributed by atoms with Gasteiger partial charge in [0.05, 0.1) is 10.2 Å². The third-order valence-corrected chi connectivity index (χ3v) is 12.9. The molecule has 0 spiro atoms. The van der Waals surface area contributed by atoms with Gasteiger partial charge in [-0.05, 0) is 144 Å². The first-order valence-corrected chi connectivity index (χ1v) is 21.4. The summed E-state index contributed by atoms with van der Waals surface area (Å²) in [5.74, 6) is -0.413. The van der Waals surface area contributed by atoms with Gasteiger partial charge in [-0.15, -0.1) is 0 Å². The average Bonchev–Trinajstić information content (AvgIpc) is 3.62. The molecule has 0 aliphatic heterocycles. The van der Waals surface area contributed by atoms with Crippen LogP contribution in [0.5, 0.6) is 0 Å². The van der Waals surface area contributed by atoms with Crippen molar-refractivity contribution in [2.24, 2.45) is 0 Å². The van der Waals surface area contributed by atoms with Crippen molar-refractivity contribution >= 4 is 33.0 Å². The number of nitrogens with one attached hydrogen (secondary N) is 1. The van der Waals surface area contributed by atoms with E-state index in [0.29, 0.717) is 10.2 Å². The molecule has 0 amide bonds. The zero-order chi connectivity index (χ0) is 43.1. The lowest BCUT2D eigenvalue weighted by Gasteiger charge is -2.22. The van der Waals surface area contributed by atoms with Gasteiger partial charge >= 0.3 is 0 Å². The minimum atomic E-state index is -0.223. The van der Waals surface area contributed by atoms with Gasteiger partial charge in [0.15, 0.2) is 0 Å². The van der Waals surface area contributed by atoms with E-state index in [1.165, 1.54) is 33.4 Å². The van der Waals surface area contributed by atoms with Crippen LogP contribution in [-0.4, -0.2) is 0 Å². The van der Waals surface area contributed by atoms with Crippen molar-refractivity contribution < 1.29 is 8.78 Å². The molecule has 63 heavy (non-hydrogen) atoms. The largest absolute Gasteiger partial charge is 0.398 e. The van der Waals surface area contributed by atoms with Crippen LogP contribution in [0.4, 0.5) is 25.8 Å². The van der Waals surface area contributed by atoms with Gasteiger partial charge in [-0.2, -0.15) is 0 Å². The summed E-state index contributed by atoms with van der Waals surface area (Å²) in [6.07, 6.45) is 0. The van der Waals surface area contributed by atoms with E-state index < -0.39 is 0 Å². The molecule has 2 aliphatic rings. The van der Waals surface area contributed by atoms with E-state index in [1.807, 2.05) is 86.6 Å². The number of benzene rings is 8. The Balaban J connectivity index is 0.000000170. The number of halogens is 3. The Morgan fingerprint density at radius 1 is 0.429 bits per heavy atom. The second kappa shape index (κ2) is 18.6. The molecule has 0 unspecified atom stereocenters. The molecule has 3 N–H and O–H groups in total. The van der Waals surface area contributed by atoms with E-state index >= 15 is 4.39 Å². The number of aryl methyl sites for hydroxylation is 2. The van der Waals surface area contributed by atoms with Crippen molar-refractivity contribution in [3.8, 4) is 44.5 Å². The first-order valence-electron chi connectivity index (χ1n) is 20.6. The lowest BCUT2D eigenvalue weighted by molar-refractivity contribution is 0.604. The van der Waals surface area contributed by atoms with Gasteiger partial charge in [0.1, 0.15) is 11.6 Å². The summed E-state index contributed by atoms with van der Waals surface area (Å²) >= 11 is 3.26. The molecule has 0 fully saturated rings. The summed E-state index contributed by atoms with van der Waals surface area (Å²) in [5.41, 5.74) is 23.9. The first-order chi connectivity index (χ1) is 29.2. The van der Waals surface area contributed by atoms with Crippen LogP contribution in [0.1, 0.15) is 75.9 Å². The van der Waals surface area contributed by atoms with E-state index in [-0.39, 0.29) is 37.3 Å². The fourth-order valence-corrected chi connectivity index (χ4v) is 9.02. The van der Waals surface area contributed by atoms with Crippen molar-refractivity contribution in [2.75, 3.05) is 11.1 Å². The minimum absolute atomic E-state index is 0. The number of rotatable bonds is 4. The molecule has 2 aliphatic carbocycles. The van der Waals surface area contributed by atoms with E-state index in [9.17, 15) is 4.39 Å². The van der Waals surface area contributed by atoms with E-state index in [1.54, 1.807) is 12.1 Å². The average molecular weight is 900 g/mol. The van der Waals surface area contributed by atoms with Crippen molar-refractivity contribution in [1.29, 1.82) is 0 Å². The Bertz CT molecular complexity index is 2900. The normalized spacial score (nSPS) is 12.9. The van der Waals surface area contributed by atoms with Gasteiger partial charge in [-0.1, -0.05) is 176 Å². The first kappa shape index (κ1) is 46.2. The molecule has 0 bridgehead atoms. The summed E-state index contributed by atoms with van der Waals surface area (Å²) in [7, 11) is 0. The van der Waals surface area contributed by atoms with Crippen molar-refractivity contribution in [3.63, 3.8) is 0 Å². The molecule has 0 heterocycles. The summed E-state index contributed by atoms with van der Waals surface area (Å²) in [6, 6.07) is 56.8. The number of anilines is 3. The standard InChI is InChI=1S/C28H24FN.C15H12BrF.C13H13N.2CH4/c1-18-13-14-20(19-9-5-4-6-10-19)15-26(18)30-27-16-22-21-11-7-8-12-23(21)28(2,3)24(22)17-25(27)29;1-15(2)11-6-4-3-5-9(11)10-7-13(16)14(17)8-12(10)15;1-10-7-8-12(9-13(10)14)11-5-3-2-4-6-11;;/h4-17,30H,1-3H3;3-8H,1-2H3;2-9H,14H2,1H3;2*1H4. The highest BCUT2D eigenvalue weighted by Gasteiger charge is 2.37. The van der Waals surface area contributed by atoms with E-state index in [0.717, 1.165) is 55.9 Å². The topological polar surface area (TPSA) is 38.0 Å². The minimum Gasteiger partial charge on any atom is -0.398 e. The van der Waals surface area contributed by atoms with Gasteiger partial charge in [-0.3, -0.25) is 0 Å². The Kier molecular flexibility index (Phi) is 13.6. The molecule has 0 aromatic heterocycles. The van der Waals surface area contributed by atoms with Gasteiger partial charge in [0, 0.05) is 22.2 Å². The van der Waals surface area contributed by atoms with Gasteiger partial charge < -0.3 is 11.1 Å². The van der Waals surface area contributed by atoms with Crippen LogP contribution < -0.4 is 11.1 Å². The second-order valence-corrected chi connectivity index (χ2v) is 17.8. The SMILES string of the molecule is C.C.CC1(C)c2ccccc2-c2cc(Br)c(F)cc21.Cc1ccc(-c2ccccc2)cc1N.Cc1ccc(-c2ccccc2)cc1Nc1cc2c(cc1F)C(C)(C)c1ccccc1-2. The van der Waals surface area contributed by atoms with Crippen LogP contribution in [-0.2, 0) is 10.8 Å². The lowest BCUT2D eigenvalue weighted by Crippen LogP contribution is -2.15. The Morgan fingerprint density at radius 2 is 0.873 bits per heavy atom. The Morgan fingerprint density at radius 3 is 1.40 bits per heavy atom. The van der Waals surface area contributed by atoms with Crippen LogP contribution in [0.25, 0.3) is 44.5 Å². The lowest BCUT2D eigenvalue weighted by atomic mass is 9.82. The molecule has 8 aromatic rings. The molecule has 2 nitrogen and oxygen atoms in total. The Hall–Kier alpha value is -6.30. The third-order valence-electron chi connectivity index (χ3n) is 12.3. The fraction of sp³-hybridized carbons (Fsp3) is 0.172. The quantitative estimate of drug-likeness (QED) is 0.173. The van der Waals surface area contributed by atoms with E-state index in [2.05, 4.69) is 134 Å². The second-order valence-electron chi connectivity index (χ2n) is 17.0. The van der Waals surface area contributed by atoms with Crippen molar-refractivity contribution in [3.05, 3.63) is 219 Å². The molecule has 0 saturated carbocycles. The summed E-state index contributed by atoms with van der Waals surface area (Å²) in [4.78, 5) is 0. The predicted molar refractivity (Wildman–Crippen MR) is 270 cm³/mol. The Labute approximate surface area is 382 Å². The molecule has 320 valence electrons. The molecule has 0 atom stereocenters. The maximum Gasteiger partial charge on any atom is 0.146 e. The zero-order valence-electron chi connectivity index (χ0n) is 35.4. The molecule has 0 radical (unpaired) electrons. The maximum atomic E-state index is 15.2. The number of fused-ring (bicyclic) bond motifs is 6. The highest BCUT2D eigenvalue weighted by molar-refractivity contribution is 9.10. The van der Waals surface area contributed by atoms with Crippen LogP contribution >= 0.6 is 15.9 Å². The van der Waals surface area contributed by atoms with Gasteiger partial charge in [0.25, 0.3) is 0 Å². The highest BCUT2D eigenvalue weighted by Crippen LogP contribution is 2.51. The van der Waals surface area contributed by atoms with Crippen LogP contribution in [0.3, 0.4) is 0 Å². The van der Waals surface area contributed by atoms with Crippen LogP contribution in [0.2, 0.25) is 0 Å². The highest BCUT2D eigenvalue weighted by atomic mass is 79.9. The predicted octanol–water partition coefficient (Wildman–Crippen LogP) is 17.3. The van der Waals surface area contributed by atoms with Crippen molar-refractivity contribution in [2.45, 2.75) is 67.2 Å². The molecular formula is C58H57BrF2N2. The number of nitrogens with two attached hydrogens (primary N) is 1. The maximum absolute atomic E-state index is 15.2. The summed E-state index contributed by atoms with van der Waals surface area (Å²) < 4.78 is 29.4. The molecule has 0 saturated heterocycles. The zero-order valence-corrected chi connectivity index (χ0v) is 37.0. The summed E-state index contributed by atoms with van der Waals surface area (Å²) in [6.45, 7) is 12.7. The van der Waals surface area contributed by atoms with Gasteiger partial charge in [-0.25, -0.2) is 8.78 Å². The smallest absolute Gasteiger partial charge is 0.146 e.